The Morgan fingerprint density at radius 3 is 2.62 bits per heavy atom. The second-order valence-electron chi connectivity index (χ2n) is 6.45. The van der Waals surface area contributed by atoms with Crippen molar-refractivity contribution in [2.45, 2.75) is 56.5 Å². The largest absolute Gasteiger partial charge is 0.308 e. The first-order chi connectivity index (χ1) is 10.4. The van der Waals surface area contributed by atoms with Gasteiger partial charge in [0, 0.05) is 23.4 Å². The third-order valence-corrected chi connectivity index (χ3v) is 5.99. The molecule has 4 rings (SSSR count). The molecule has 0 aliphatic heterocycles. The van der Waals surface area contributed by atoms with Crippen LogP contribution < -0.4 is 5.32 Å². The van der Waals surface area contributed by atoms with E-state index in [2.05, 4.69) is 41.0 Å². The number of benzene rings is 1. The number of thiazole rings is 1. The van der Waals surface area contributed by atoms with Crippen molar-refractivity contribution in [1.82, 2.24) is 10.3 Å². The average Bonchev–Trinajstić information content (AvgIpc) is 3.04. The molecule has 21 heavy (non-hydrogen) atoms. The van der Waals surface area contributed by atoms with Crippen LogP contribution in [0.25, 0.3) is 0 Å². The lowest BCUT2D eigenvalue weighted by Gasteiger charge is -2.27. The predicted octanol–water partition coefficient (Wildman–Crippen LogP) is 4.26. The molecule has 0 radical (unpaired) electrons. The zero-order valence-electron chi connectivity index (χ0n) is 12.3. The number of rotatable bonds is 5. The van der Waals surface area contributed by atoms with Crippen molar-refractivity contribution in [2.24, 2.45) is 0 Å². The molecule has 0 unspecified atom stereocenters. The van der Waals surface area contributed by atoms with E-state index in [0.717, 1.165) is 12.6 Å². The van der Waals surface area contributed by atoms with Crippen LogP contribution >= 0.6 is 11.3 Å². The second-order valence-corrected chi connectivity index (χ2v) is 7.31. The van der Waals surface area contributed by atoms with Gasteiger partial charge in [0.15, 0.2) is 0 Å². The molecule has 2 aliphatic carbocycles. The summed E-state index contributed by atoms with van der Waals surface area (Å²) in [6.45, 7) is 0.937. The van der Waals surface area contributed by atoms with Crippen molar-refractivity contribution in [3.63, 3.8) is 0 Å². The van der Waals surface area contributed by atoms with E-state index in [1.54, 1.807) is 0 Å². The van der Waals surface area contributed by atoms with Gasteiger partial charge in [-0.25, -0.2) is 4.98 Å². The summed E-state index contributed by atoms with van der Waals surface area (Å²) >= 11 is 1.86. The summed E-state index contributed by atoms with van der Waals surface area (Å²) in [4.78, 5) is 5.00. The molecular formula is C18H22N2S. The summed E-state index contributed by atoms with van der Waals surface area (Å²) in [5.41, 5.74) is 2.87. The van der Waals surface area contributed by atoms with E-state index in [0.29, 0.717) is 0 Å². The van der Waals surface area contributed by atoms with Gasteiger partial charge in [-0.1, -0.05) is 43.2 Å². The van der Waals surface area contributed by atoms with Gasteiger partial charge in [0.2, 0.25) is 0 Å². The second kappa shape index (κ2) is 5.54. The molecule has 2 nitrogen and oxygen atoms in total. The summed E-state index contributed by atoms with van der Waals surface area (Å²) < 4.78 is 0. The van der Waals surface area contributed by atoms with Crippen LogP contribution in [0.5, 0.6) is 0 Å². The number of hydrogen-bond donors (Lipinski definition) is 1. The summed E-state index contributed by atoms with van der Waals surface area (Å²) in [5.74, 6) is 0. The van der Waals surface area contributed by atoms with Crippen molar-refractivity contribution < 1.29 is 0 Å². The van der Waals surface area contributed by atoms with Gasteiger partial charge >= 0.3 is 0 Å². The van der Waals surface area contributed by atoms with Crippen LogP contribution in [0, 0.1) is 0 Å². The van der Waals surface area contributed by atoms with E-state index < -0.39 is 0 Å². The van der Waals surface area contributed by atoms with Gasteiger partial charge in [-0.3, -0.25) is 0 Å². The monoisotopic (exact) mass is 298 g/mol. The predicted molar refractivity (Wildman–Crippen MR) is 87.7 cm³/mol. The quantitative estimate of drug-likeness (QED) is 0.892. The molecule has 110 valence electrons. The van der Waals surface area contributed by atoms with Crippen LogP contribution in [0.1, 0.15) is 54.8 Å². The van der Waals surface area contributed by atoms with Crippen LogP contribution in [0.15, 0.2) is 35.7 Å². The molecule has 1 heterocycles. The Bertz CT molecular complexity index is 595. The zero-order chi connectivity index (χ0) is 14.1. The van der Waals surface area contributed by atoms with Gasteiger partial charge < -0.3 is 5.32 Å². The fraction of sp³-hybridized carbons (Fsp3) is 0.500. The molecule has 3 heteroatoms. The third-order valence-electron chi connectivity index (χ3n) is 4.89. The first-order valence-electron chi connectivity index (χ1n) is 8.11. The molecule has 2 saturated carbocycles. The van der Waals surface area contributed by atoms with Crippen LogP contribution in [0.4, 0.5) is 0 Å². The highest BCUT2D eigenvalue weighted by molar-refractivity contribution is 7.09. The Labute approximate surface area is 130 Å². The van der Waals surface area contributed by atoms with E-state index in [9.17, 15) is 0 Å². The van der Waals surface area contributed by atoms with Crippen molar-refractivity contribution >= 4 is 11.3 Å². The minimum Gasteiger partial charge on any atom is -0.308 e. The van der Waals surface area contributed by atoms with Gasteiger partial charge in [0.05, 0.1) is 5.69 Å². The number of nitrogens with zero attached hydrogens (tertiary/aromatic N) is 1. The summed E-state index contributed by atoms with van der Waals surface area (Å²) in [5, 5.41) is 7.16. The van der Waals surface area contributed by atoms with Gasteiger partial charge in [-0.2, -0.15) is 0 Å². The van der Waals surface area contributed by atoms with Gasteiger partial charge in [-0.15, -0.1) is 11.3 Å². The summed E-state index contributed by atoms with van der Waals surface area (Å²) in [7, 11) is 0. The molecule has 1 aromatic heterocycles. The van der Waals surface area contributed by atoms with Crippen molar-refractivity contribution in [1.29, 1.82) is 0 Å². The van der Waals surface area contributed by atoms with Gasteiger partial charge in [-0.05, 0) is 31.2 Å². The Morgan fingerprint density at radius 1 is 1.14 bits per heavy atom. The Kier molecular flexibility index (Phi) is 3.56. The molecule has 1 N–H and O–H groups in total. The van der Waals surface area contributed by atoms with Crippen molar-refractivity contribution in [3.05, 3.63) is 52.0 Å². The fourth-order valence-electron chi connectivity index (χ4n) is 3.51. The van der Waals surface area contributed by atoms with Crippen LogP contribution in [0.2, 0.25) is 0 Å². The number of hydrogen-bond acceptors (Lipinski definition) is 3. The Balaban J connectivity index is 1.61. The lowest BCUT2D eigenvalue weighted by Crippen LogP contribution is -2.24. The molecule has 0 saturated heterocycles. The molecular weight excluding hydrogens is 276 g/mol. The van der Waals surface area contributed by atoms with E-state index in [1.165, 1.54) is 54.8 Å². The van der Waals surface area contributed by atoms with E-state index in [-0.39, 0.29) is 5.41 Å². The molecule has 0 bridgehead atoms. The molecule has 2 aliphatic rings. The highest BCUT2D eigenvalue weighted by Crippen LogP contribution is 2.47. The molecule has 0 amide bonds. The standard InChI is InChI=1S/C18H22N2S/c1-2-6-14(7-3-1)18(10-4-5-11-18)17-20-16(13-21-17)12-19-15-8-9-15/h1-3,6-7,13,15,19H,4-5,8-12H2. The van der Waals surface area contributed by atoms with Crippen molar-refractivity contribution in [3.8, 4) is 0 Å². The molecule has 0 atom stereocenters. The minimum atomic E-state index is 0.184. The minimum absolute atomic E-state index is 0.184. The summed E-state index contributed by atoms with van der Waals surface area (Å²) in [6, 6.07) is 11.8. The SMILES string of the molecule is c1ccc(C2(c3nc(CNC4CC4)cs3)CCCC2)cc1. The molecule has 2 fully saturated rings. The highest BCUT2D eigenvalue weighted by atomic mass is 32.1. The fourth-order valence-corrected chi connectivity index (χ4v) is 4.61. The van der Waals surface area contributed by atoms with E-state index in [1.807, 2.05) is 11.3 Å². The summed E-state index contributed by atoms with van der Waals surface area (Å²) in [6.07, 6.45) is 7.82. The van der Waals surface area contributed by atoms with Gasteiger partial charge in [0.1, 0.15) is 5.01 Å². The first kappa shape index (κ1) is 13.5. The number of nitrogens with one attached hydrogen (secondary N) is 1. The lowest BCUT2D eigenvalue weighted by atomic mass is 9.79. The molecule has 2 aromatic rings. The number of aromatic nitrogens is 1. The zero-order valence-corrected chi connectivity index (χ0v) is 13.2. The highest BCUT2D eigenvalue weighted by Gasteiger charge is 2.39. The Hall–Kier alpha value is -1.19. The normalized spacial score (nSPS) is 20.8. The average molecular weight is 298 g/mol. The topological polar surface area (TPSA) is 24.9 Å². The third kappa shape index (κ3) is 2.65. The van der Waals surface area contributed by atoms with Gasteiger partial charge in [0.25, 0.3) is 0 Å². The smallest absolute Gasteiger partial charge is 0.103 e. The van der Waals surface area contributed by atoms with E-state index >= 15 is 0 Å². The molecule has 1 aromatic carbocycles. The first-order valence-corrected chi connectivity index (χ1v) is 8.99. The lowest BCUT2D eigenvalue weighted by molar-refractivity contribution is 0.528. The maximum atomic E-state index is 5.00. The van der Waals surface area contributed by atoms with Crippen LogP contribution in [-0.2, 0) is 12.0 Å². The maximum absolute atomic E-state index is 5.00. The van der Waals surface area contributed by atoms with Crippen LogP contribution in [-0.4, -0.2) is 11.0 Å². The van der Waals surface area contributed by atoms with E-state index in [4.69, 9.17) is 4.98 Å². The maximum Gasteiger partial charge on any atom is 0.103 e. The van der Waals surface area contributed by atoms with Crippen molar-refractivity contribution in [2.75, 3.05) is 0 Å². The van der Waals surface area contributed by atoms with Crippen LogP contribution in [0.3, 0.4) is 0 Å². The molecule has 0 spiro atoms. The Morgan fingerprint density at radius 2 is 1.90 bits per heavy atom.